The summed E-state index contributed by atoms with van der Waals surface area (Å²) in [6, 6.07) is 6.47. The number of carbonyl (C=O) groups excluding carboxylic acids is 1. The Morgan fingerprint density at radius 2 is 1.87 bits per heavy atom. The minimum absolute atomic E-state index is 0.0359. The van der Waals surface area contributed by atoms with Gasteiger partial charge in [0.1, 0.15) is 5.82 Å². The summed E-state index contributed by atoms with van der Waals surface area (Å²) < 4.78 is 38.5. The van der Waals surface area contributed by atoms with Gasteiger partial charge in [-0.25, -0.2) is 4.98 Å². The number of hydrogen-bond donors (Lipinski definition) is 0. The van der Waals surface area contributed by atoms with Gasteiger partial charge in [-0.15, -0.1) is 11.8 Å². The molecule has 1 saturated heterocycles. The third-order valence-electron chi connectivity index (χ3n) is 5.34. The summed E-state index contributed by atoms with van der Waals surface area (Å²) in [7, 11) is 0. The molecule has 160 valence electrons. The number of amides is 1. The van der Waals surface area contributed by atoms with Gasteiger partial charge >= 0.3 is 6.18 Å². The molecule has 2 aliphatic rings. The third kappa shape index (κ3) is 4.36. The van der Waals surface area contributed by atoms with Crippen LogP contribution in [0, 0.1) is 5.92 Å². The maximum absolute atomic E-state index is 13.2. The minimum Gasteiger partial charge on any atom is -0.355 e. The Morgan fingerprint density at radius 3 is 2.53 bits per heavy atom. The highest BCUT2D eigenvalue weighted by Gasteiger charge is 2.34. The number of aromatic nitrogens is 1. The lowest BCUT2D eigenvalue weighted by molar-refractivity contribution is -0.137. The smallest absolute Gasteiger partial charge is 0.355 e. The summed E-state index contributed by atoms with van der Waals surface area (Å²) in [6.07, 6.45) is -2.53. The largest absolute Gasteiger partial charge is 0.417 e. The fraction of sp³-hybridized carbons (Fsp3) is 0.400. The topological polar surface area (TPSA) is 36.4 Å². The number of halogens is 5. The van der Waals surface area contributed by atoms with Crippen LogP contribution in [0.3, 0.4) is 0 Å². The monoisotopic (exact) mass is 475 g/mol. The number of pyridine rings is 1. The van der Waals surface area contributed by atoms with Crippen molar-refractivity contribution in [1.29, 1.82) is 0 Å². The molecular weight excluding hydrogens is 458 g/mol. The molecule has 0 atom stereocenters. The number of nitrogens with zero attached hydrogens (tertiary/aromatic N) is 3. The average Bonchev–Trinajstić information content (AvgIpc) is 2.72. The van der Waals surface area contributed by atoms with Gasteiger partial charge in [-0.1, -0.05) is 23.2 Å². The van der Waals surface area contributed by atoms with Crippen LogP contribution in [0.15, 0.2) is 35.4 Å². The van der Waals surface area contributed by atoms with E-state index in [1.165, 1.54) is 0 Å². The molecule has 0 spiro atoms. The first kappa shape index (κ1) is 21.6. The lowest BCUT2D eigenvalue weighted by Crippen LogP contribution is -2.44. The number of alkyl halides is 3. The van der Waals surface area contributed by atoms with Crippen LogP contribution in [0.2, 0.25) is 10.0 Å². The molecule has 2 aromatic rings. The fourth-order valence-electron chi connectivity index (χ4n) is 3.80. The molecule has 1 fully saturated rings. The summed E-state index contributed by atoms with van der Waals surface area (Å²) in [5, 5.41) is 0.554. The quantitative estimate of drug-likeness (QED) is 0.552. The number of hydrogen-bond acceptors (Lipinski definition) is 4. The van der Waals surface area contributed by atoms with E-state index in [-0.39, 0.29) is 16.8 Å². The zero-order valence-electron chi connectivity index (χ0n) is 15.8. The predicted molar refractivity (Wildman–Crippen MR) is 114 cm³/mol. The van der Waals surface area contributed by atoms with Crippen molar-refractivity contribution in [2.75, 3.05) is 35.2 Å². The summed E-state index contributed by atoms with van der Waals surface area (Å²) in [5.41, 5.74) is -0.0276. The van der Waals surface area contributed by atoms with Gasteiger partial charge in [0, 0.05) is 47.4 Å². The van der Waals surface area contributed by atoms with Gasteiger partial charge in [0.25, 0.3) is 0 Å². The Morgan fingerprint density at radius 1 is 1.13 bits per heavy atom. The normalized spacial score (nSPS) is 17.8. The van der Waals surface area contributed by atoms with E-state index in [1.54, 1.807) is 16.7 Å². The Kier molecular flexibility index (Phi) is 6.10. The van der Waals surface area contributed by atoms with E-state index in [0.717, 1.165) is 28.6 Å². The Balaban J connectivity index is 1.44. The fourth-order valence-corrected chi connectivity index (χ4v) is 5.22. The van der Waals surface area contributed by atoms with Crippen LogP contribution in [0.5, 0.6) is 0 Å². The predicted octanol–water partition coefficient (Wildman–Crippen LogP) is 5.76. The van der Waals surface area contributed by atoms with Crippen molar-refractivity contribution in [3.63, 3.8) is 0 Å². The van der Waals surface area contributed by atoms with Crippen molar-refractivity contribution in [3.05, 3.63) is 46.1 Å². The maximum atomic E-state index is 13.2. The SMILES string of the molecule is O=C(C1CCN(c2ncc(C(F)(F)F)cc2Cl)CC1)N1CCSc2ccc(Cl)cc21. The first-order chi connectivity index (χ1) is 14.2. The molecule has 4 rings (SSSR count). The van der Waals surface area contributed by atoms with Crippen LogP contribution in [0.4, 0.5) is 24.7 Å². The second-order valence-electron chi connectivity index (χ2n) is 7.24. The molecule has 0 unspecified atom stereocenters. The number of thioether (sulfide) groups is 1. The summed E-state index contributed by atoms with van der Waals surface area (Å²) in [5.74, 6) is 1.04. The first-order valence-electron chi connectivity index (χ1n) is 9.45. The lowest BCUT2D eigenvalue weighted by Gasteiger charge is -2.36. The second-order valence-corrected chi connectivity index (χ2v) is 9.22. The van der Waals surface area contributed by atoms with Gasteiger partial charge in [-0.2, -0.15) is 13.2 Å². The van der Waals surface area contributed by atoms with Gasteiger partial charge in [0.15, 0.2) is 0 Å². The third-order valence-corrected chi connectivity index (χ3v) is 6.90. The second kappa shape index (κ2) is 8.48. The van der Waals surface area contributed by atoms with Crippen molar-refractivity contribution in [1.82, 2.24) is 4.98 Å². The van der Waals surface area contributed by atoms with Crippen LogP contribution < -0.4 is 9.80 Å². The van der Waals surface area contributed by atoms with Gasteiger partial charge in [-0.05, 0) is 37.1 Å². The van der Waals surface area contributed by atoms with E-state index in [1.807, 2.05) is 23.1 Å². The molecule has 2 aliphatic heterocycles. The molecule has 1 amide bonds. The highest BCUT2D eigenvalue weighted by Crippen LogP contribution is 2.39. The Bertz CT molecular complexity index is 965. The number of benzene rings is 1. The van der Waals surface area contributed by atoms with Crippen LogP contribution >= 0.6 is 35.0 Å². The van der Waals surface area contributed by atoms with Crippen LogP contribution in [-0.2, 0) is 11.0 Å². The summed E-state index contributed by atoms with van der Waals surface area (Å²) in [4.78, 5) is 21.8. The van der Waals surface area contributed by atoms with Crippen molar-refractivity contribution in [2.24, 2.45) is 5.92 Å². The summed E-state index contributed by atoms with van der Waals surface area (Å²) >= 11 is 13.9. The number of fused-ring (bicyclic) bond motifs is 1. The molecule has 4 nitrogen and oxygen atoms in total. The van der Waals surface area contributed by atoms with Crippen molar-refractivity contribution < 1.29 is 18.0 Å². The zero-order chi connectivity index (χ0) is 21.5. The van der Waals surface area contributed by atoms with Crippen LogP contribution in [0.1, 0.15) is 18.4 Å². The van der Waals surface area contributed by atoms with Crippen molar-refractivity contribution >= 4 is 52.4 Å². The maximum Gasteiger partial charge on any atom is 0.417 e. The molecule has 0 saturated carbocycles. The average molecular weight is 476 g/mol. The molecule has 0 radical (unpaired) electrons. The number of piperidine rings is 1. The van der Waals surface area contributed by atoms with E-state index in [9.17, 15) is 18.0 Å². The highest BCUT2D eigenvalue weighted by molar-refractivity contribution is 7.99. The van der Waals surface area contributed by atoms with Crippen molar-refractivity contribution in [2.45, 2.75) is 23.9 Å². The molecule has 0 aliphatic carbocycles. The van der Waals surface area contributed by atoms with Crippen LogP contribution in [-0.4, -0.2) is 36.3 Å². The van der Waals surface area contributed by atoms with E-state index >= 15 is 0 Å². The van der Waals surface area contributed by atoms with Crippen LogP contribution in [0.25, 0.3) is 0 Å². The standard InChI is InChI=1S/C20H18Cl2F3N3OS/c21-14-1-2-17-16(10-14)28(7-8-30-17)19(29)12-3-5-27(6-4-12)18-15(22)9-13(11-26-18)20(23,24)25/h1-2,9-12H,3-8H2. The molecule has 1 aromatic carbocycles. The molecular formula is C20H18Cl2F3N3OS. The molecule has 1 aromatic heterocycles. The molecule has 0 bridgehead atoms. The summed E-state index contributed by atoms with van der Waals surface area (Å²) in [6.45, 7) is 1.63. The van der Waals surface area contributed by atoms with Gasteiger partial charge in [0.05, 0.1) is 16.3 Å². The number of carbonyl (C=O) groups is 1. The Hall–Kier alpha value is -1.64. The molecule has 3 heterocycles. The zero-order valence-corrected chi connectivity index (χ0v) is 18.1. The van der Waals surface area contributed by atoms with E-state index in [4.69, 9.17) is 23.2 Å². The van der Waals surface area contributed by atoms with E-state index in [2.05, 4.69) is 4.98 Å². The molecule has 30 heavy (non-hydrogen) atoms. The Labute approximate surface area is 186 Å². The van der Waals surface area contributed by atoms with Crippen molar-refractivity contribution in [3.8, 4) is 0 Å². The van der Waals surface area contributed by atoms with E-state index in [0.29, 0.717) is 43.3 Å². The van der Waals surface area contributed by atoms with Gasteiger partial charge < -0.3 is 9.80 Å². The van der Waals surface area contributed by atoms with Gasteiger partial charge in [0.2, 0.25) is 5.91 Å². The molecule has 0 N–H and O–H groups in total. The number of rotatable bonds is 2. The molecule has 10 heteroatoms. The highest BCUT2D eigenvalue weighted by atomic mass is 35.5. The number of anilines is 2. The minimum atomic E-state index is -4.49. The van der Waals surface area contributed by atoms with E-state index < -0.39 is 11.7 Å². The van der Waals surface area contributed by atoms with Gasteiger partial charge in [-0.3, -0.25) is 4.79 Å². The first-order valence-corrected chi connectivity index (χ1v) is 11.2. The lowest BCUT2D eigenvalue weighted by atomic mass is 9.95.